The summed E-state index contributed by atoms with van der Waals surface area (Å²) in [4.78, 5) is 7.74. The minimum Gasteiger partial charge on any atom is -0.324 e. The van der Waals surface area contributed by atoms with Crippen molar-refractivity contribution in [2.75, 3.05) is 5.32 Å². The number of hydrogen-bond acceptors (Lipinski definition) is 2. The number of benzene rings is 2. The molecule has 3 rings (SSSR count). The Balaban J connectivity index is 2.03. The highest BCUT2D eigenvalue weighted by molar-refractivity contribution is 6.39. The van der Waals surface area contributed by atoms with E-state index in [1.54, 1.807) is 18.2 Å². The summed E-state index contributed by atoms with van der Waals surface area (Å²) < 4.78 is 0. The lowest BCUT2D eigenvalue weighted by molar-refractivity contribution is 1.31. The minimum atomic E-state index is 0.560. The summed E-state index contributed by atoms with van der Waals surface area (Å²) in [5, 5.41) is 4.26. The van der Waals surface area contributed by atoms with Crippen molar-refractivity contribution in [3.63, 3.8) is 0 Å². The fraction of sp³-hybridized carbons (Fsp3) is 0.133. The van der Waals surface area contributed by atoms with Crippen LogP contribution >= 0.6 is 23.2 Å². The lowest BCUT2D eigenvalue weighted by Gasteiger charge is -2.06. The first-order valence-electron chi connectivity index (χ1n) is 6.22. The van der Waals surface area contributed by atoms with Crippen LogP contribution in [-0.2, 0) is 0 Å². The summed E-state index contributed by atoms with van der Waals surface area (Å²) in [5.41, 5.74) is 5.00. The molecule has 0 radical (unpaired) electrons. The van der Waals surface area contributed by atoms with Crippen molar-refractivity contribution in [1.29, 1.82) is 0 Å². The number of hydrogen-bond donors (Lipinski definition) is 2. The maximum absolute atomic E-state index is 6.14. The summed E-state index contributed by atoms with van der Waals surface area (Å²) in [6.07, 6.45) is 0. The van der Waals surface area contributed by atoms with E-state index in [1.807, 2.05) is 0 Å². The maximum Gasteiger partial charge on any atom is 0.205 e. The van der Waals surface area contributed by atoms with Gasteiger partial charge in [-0.3, -0.25) is 0 Å². The smallest absolute Gasteiger partial charge is 0.205 e. The first kappa shape index (κ1) is 13.3. The number of H-pyrrole nitrogens is 1. The lowest BCUT2D eigenvalue weighted by atomic mass is 10.1. The Bertz CT molecular complexity index is 734. The molecule has 0 spiro atoms. The molecule has 0 fully saturated rings. The number of imidazole rings is 1. The van der Waals surface area contributed by atoms with Crippen molar-refractivity contribution in [2.45, 2.75) is 13.8 Å². The summed E-state index contributed by atoms with van der Waals surface area (Å²) in [5.74, 6) is 0.625. The van der Waals surface area contributed by atoms with E-state index in [0.29, 0.717) is 21.7 Å². The van der Waals surface area contributed by atoms with Gasteiger partial charge in [0, 0.05) is 0 Å². The van der Waals surface area contributed by atoms with Crippen LogP contribution in [-0.4, -0.2) is 9.97 Å². The van der Waals surface area contributed by atoms with Gasteiger partial charge in [0.1, 0.15) is 0 Å². The molecule has 2 aromatic carbocycles. The number of aromatic nitrogens is 2. The predicted molar refractivity (Wildman–Crippen MR) is 85.3 cm³/mol. The van der Waals surface area contributed by atoms with E-state index in [2.05, 4.69) is 41.3 Å². The number of nitrogens with one attached hydrogen (secondary N) is 2. The Morgan fingerprint density at radius 1 is 1.05 bits per heavy atom. The van der Waals surface area contributed by atoms with Gasteiger partial charge in [-0.15, -0.1) is 0 Å². The second-order valence-electron chi connectivity index (χ2n) is 4.76. The zero-order valence-corrected chi connectivity index (χ0v) is 12.6. The van der Waals surface area contributed by atoms with Crippen LogP contribution in [0.1, 0.15) is 11.1 Å². The van der Waals surface area contributed by atoms with Crippen molar-refractivity contribution >= 4 is 45.9 Å². The topological polar surface area (TPSA) is 40.7 Å². The SMILES string of the molecule is Cc1cc2nc(Nc3c(Cl)cccc3Cl)[nH]c2cc1C. The molecule has 0 unspecified atom stereocenters. The van der Waals surface area contributed by atoms with E-state index < -0.39 is 0 Å². The van der Waals surface area contributed by atoms with Crippen LogP contribution in [0.3, 0.4) is 0 Å². The molecule has 5 heteroatoms. The van der Waals surface area contributed by atoms with Crippen molar-refractivity contribution in [2.24, 2.45) is 0 Å². The standard InChI is InChI=1S/C15H13Cl2N3/c1-8-6-12-13(7-9(8)2)19-15(18-12)20-14-10(16)4-3-5-11(14)17/h3-7H,1-2H3,(H2,18,19,20). The number of anilines is 2. The van der Waals surface area contributed by atoms with E-state index in [0.717, 1.165) is 11.0 Å². The maximum atomic E-state index is 6.14. The highest BCUT2D eigenvalue weighted by Gasteiger charge is 2.09. The minimum absolute atomic E-state index is 0.560. The molecule has 0 amide bonds. The molecule has 0 aliphatic carbocycles. The predicted octanol–water partition coefficient (Wildman–Crippen LogP) is 5.23. The average molecular weight is 306 g/mol. The van der Waals surface area contributed by atoms with Crippen molar-refractivity contribution in [1.82, 2.24) is 9.97 Å². The van der Waals surface area contributed by atoms with E-state index in [1.165, 1.54) is 11.1 Å². The Labute approximate surface area is 126 Å². The second-order valence-corrected chi connectivity index (χ2v) is 5.58. The van der Waals surface area contributed by atoms with Gasteiger partial charge >= 0.3 is 0 Å². The number of halogens is 2. The van der Waals surface area contributed by atoms with Gasteiger partial charge in [-0.2, -0.15) is 0 Å². The van der Waals surface area contributed by atoms with Gasteiger partial charge in [0.15, 0.2) is 0 Å². The molecule has 3 nitrogen and oxygen atoms in total. The van der Waals surface area contributed by atoms with Crippen LogP contribution in [0, 0.1) is 13.8 Å². The molecule has 3 aromatic rings. The monoisotopic (exact) mass is 305 g/mol. The third-order valence-electron chi connectivity index (χ3n) is 3.30. The first-order chi connectivity index (χ1) is 9.54. The normalized spacial score (nSPS) is 11.0. The highest BCUT2D eigenvalue weighted by atomic mass is 35.5. The third-order valence-corrected chi connectivity index (χ3v) is 3.93. The zero-order valence-electron chi connectivity index (χ0n) is 11.1. The van der Waals surface area contributed by atoms with Crippen molar-refractivity contribution < 1.29 is 0 Å². The largest absolute Gasteiger partial charge is 0.324 e. The van der Waals surface area contributed by atoms with Crippen LogP contribution in [0.25, 0.3) is 11.0 Å². The number of aromatic amines is 1. The number of rotatable bonds is 2. The van der Waals surface area contributed by atoms with E-state index in [-0.39, 0.29) is 0 Å². The quantitative estimate of drug-likeness (QED) is 0.680. The van der Waals surface area contributed by atoms with Crippen LogP contribution in [0.4, 0.5) is 11.6 Å². The number of nitrogens with zero attached hydrogens (tertiary/aromatic N) is 1. The Kier molecular flexibility index (Phi) is 3.32. The van der Waals surface area contributed by atoms with Gasteiger partial charge in [0.25, 0.3) is 0 Å². The van der Waals surface area contributed by atoms with E-state index in [4.69, 9.17) is 23.2 Å². The zero-order chi connectivity index (χ0) is 14.3. The van der Waals surface area contributed by atoms with Crippen molar-refractivity contribution in [3.05, 3.63) is 51.5 Å². The van der Waals surface area contributed by atoms with E-state index >= 15 is 0 Å². The molecule has 0 aliphatic rings. The van der Waals surface area contributed by atoms with Crippen LogP contribution < -0.4 is 5.32 Å². The molecule has 0 aliphatic heterocycles. The first-order valence-corrected chi connectivity index (χ1v) is 6.98. The molecule has 102 valence electrons. The van der Waals surface area contributed by atoms with E-state index in [9.17, 15) is 0 Å². The number of fused-ring (bicyclic) bond motifs is 1. The number of aryl methyl sites for hydroxylation is 2. The van der Waals surface area contributed by atoms with Gasteiger partial charge in [0.05, 0.1) is 26.8 Å². The molecule has 1 aromatic heterocycles. The Morgan fingerprint density at radius 3 is 2.40 bits per heavy atom. The molecular weight excluding hydrogens is 293 g/mol. The summed E-state index contributed by atoms with van der Waals surface area (Å²) in [6.45, 7) is 4.15. The molecule has 2 N–H and O–H groups in total. The molecular formula is C15H13Cl2N3. The summed E-state index contributed by atoms with van der Waals surface area (Å²) in [6, 6.07) is 9.51. The molecule has 0 saturated heterocycles. The fourth-order valence-corrected chi connectivity index (χ4v) is 2.56. The Morgan fingerprint density at radius 2 is 1.70 bits per heavy atom. The molecule has 1 heterocycles. The van der Waals surface area contributed by atoms with Crippen LogP contribution in [0.15, 0.2) is 30.3 Å². The fourth-order valence-electron chi connectivity index (χ4n) is 2.06. The van der Waals surface area contributed by atoms with Crippen molar-refractivity contribution in [3.8, 4) is 0 Å². The van der Waals surface area contributed by atoms with Gasteiger partial charge < -0.3 is 10.3 Å². The van der Waals surface area contributed by atoms with Crippen LogP contribution in [0.5, 0.6) is 0 Å². The number of para-hydroxylation sites is 1. The lowest BCUT2D eigenvalue weighted by Crippen LogP contribution is -1.93. The average Bonchev–Trinajstić information content (AvgIpc) is 2.76. The second kappa shape index (κ2) is 5.00. The molecule has 0 saturated carbocycles. The van der Waals surface area contributed by atoms with Gasteiger partial charge in [-0.05, 0) is 49.2 Å². The molecule has 20 heavy (non-hydrogen) atoms. The third kappa shape index (κ3) is 2.35. The summed E-state index contributed by atoms with van der Waals surface area (Å²) in [7, 11) is 0. The van der Waals surface area contributed by atoms with Gasteiger partial charge in [-0.1, -0.05) is 29.3 Å². The Hall–Kier alpha value is -1.71. The molecule has 0 bridgehead atoms. The summed E-state index contributed by atoms with van der Waals surface area (Å²) >= 11 is 12.3. The highest BCUT2D eigenvalue weighted by Crippen LogP contribution is 2.32. The van der Waals surface area contributed by atoms with Crippen LogP contribution in [0.2, 0.25) is 10.0 Å². The van der Waals surface area contributed by atoms with Gasteiger partial charge in [0.2, 0.25) is 5.95 Å². The molecule has 0 atom stereocenters. The van der Waals surface area contributed by atoms with Gasteiger partial charge in [-0.25, -0.2) is 4.98 Å².